The van der Waals surface area contributed by atoms with E-state index < -0.39 is 39.7 Å². The van der Waals surface area contributed by atoms with Crippen LogP contribution in [-0.2, 0) is 4.79 Å². The number of ether oxygens (including phenoxy) is 1. The summed E-state index contributed by atoms with van der Waals surface area (Å²) in [6.07, 6.45) is 0.617. The van der Waals surface area contributed by atoms with Crippen LogP contribution in [0.3, 0.4) is 0 Å². The second-order valence-corrected chi connectivity index (χ2v) is 5.02. The molecule has 2 unspecified atom stereocenters. The number of nitrogens with two attached hydrogens (primary N) is 1. The highest BCUT2D eigenvalue weighted by Crippen LogP contribution is 2.36. The number of hydrogen-bond acceptors (Lipinski definition) is 5. The minimum atomic E-state index is -0.912. The summed E-state index contributed by atoms with van der Waals surface area (Å²) in [6, 6.07) is 3.51. The number of nitro groups is 1. The maximum absolute atomic E-state index is 13.8. The van der Waals surface area contributed by atoms with Gasteiger partial charge in [-0.2, -0.15) is 0 Å². The highest BCUT2D eigenvalue weighted by atomic mass is 19.1. The zero-order valence-corrected chi connectivity index (χ0v) is 11.5. The first-order chi connectivity index (χ1) is 9.89. The van der Waals surface area contributed by atoms with Crippen LogP contribution in [0.15, 0.2) is 18.2 Å². The number of benzene rings is 1. The molecule has 1 aromatic carbocycles. The van der Waals surface area contributed by atoms with Gasteiger partial charge in [-0.15, -0.1) is 0 Å². The van der Waals surface area contributed by atoms with Crippen LogP contribution in [0.25, 0.3) is 0 Å². The minimum Gasteiger partial charge on any atom is -0.481 e. The Kier molecular flexibility index (Phi) is 4.08. The maximum atomic E-state index is 13.8. The van der Waals surface area contributed by atoms with E-state index >= 15 is 0 Å². The number of nitrogens with one attached hydrogen (secondary N) is 1. The highest BCUT2D eigenvalue weighted by molar-refractivity contribution is 5.85. The van der Waals surface area contributed by atoms with Crippen LogP contribution in [0.5, 0.6) is 5.75 Å². The van der Waals surface area contributed by atoms with Crippen molar-refractivity contribution in [2.45, 2.75) is 30.9 Å². The second-order valence-electron chi connectivity index (χ2n) is 5.02. The molecule has 2 atom stereocenters. The number of nitro benzene ring substituents is 1. The van der Waals surface area contributed by atoms with Gasteiger partial charge in [0.25, 0.3) is 0 Å². The van der Waals surface area contributed by atoms with Gasteiger partial charge >= 0.3 is 5.69 Å². The van der Waals surface area contributed by atoms with Crippen molar-refractivity contribution in [3.8, 4) is 5.75 Å². The Bertz CT molecular complexity index is 581. The predicted octanol–water partition coefficient (Wildman–Crippen LogP) is 1.11. The first-order valence-corrected chi connectivity index (χ1v) is 6.48. The third kappa shape index (κ3) is 2.80. The van der Waals surface area contributed by atoms with E-state index in [9.17, 15) is 19.3 Å². The van der Waals surface area contributed by atoms with Crippen molar-refractivity contribution in [2.75, 3.05) is 7.05 Å². The van der Waals surface area contributed by atoms with Gasteiger partial charge in [-0.25, -0.2) is 4.39 Å². The molecule has 114 valence electrons. The molecule has 2 rings (SSSR count). The van der Waals surface area contributed by atoms with Gasteiger partial charge in [0.1, 0.15) is 11.6 Å². The molecule has 0 aliphatic heterocycles. The fraction of sp³-hybridized carbons (Fsp3) is 0.462. The number of carbonyl (C=O) groups excluding carboxylic acids is 1. The molecular formula is C13H16FN3O4. The molecule has 0 bridgehead atoms. The summed E-state index contributed by atoms with van der Waals surface area (Å²) in [6.45, 7) is 0. The molecule has 1 saturated carbocycles. The largest absolute Gasteiger partial charge is 0.481 e. The number of nitrogens with zero attached hydrogens (tertiary/aromatic N) is 1. The van der Waals surface area contributed by atoms with E-state index in [1.807, 2.05) is 0 Å². The van der Waals surface area contributed by atoms with Gasteiger partial charge < -0.3 is 15.8 Å². The number of amides is 1. The van der Waals surface area contributed by atoms with Crippen LogP contribution in [0, 0.1) is 15.9 Å². The summed E-state index contributed by atoms with van der Waals surface area (Å²) in [5.41, 5.74) is 4.02. The van der Waals surface area contributed by atoms with Crippen molar-refractivity contribution in [1.29, 1.82) is 0 Å². The number of rotatable bonds is 5. The number of primary amides is 1. The van der Waals surface area contributed by atoms with Crippen molar-refractivity contribution in [3.05, 3.63) is 34.1 Å². The number of hydrogen-bond donors (Lipinski definition) is 2. The molecule has 0 heterocycles. The van der Waals surface area contributed by atoms with Crippen LogP contribution < -0.4 is 15.8 Å². The Balaban J connectivity index is 2.21. The monoisotopic (exact) mass is 297 g/mol. The lowest BCUT2D eigenvalue weighted by Gasteiger charge is -2.24. The zero-order valence-electron chi connectivity index (χ0n) is 11.5. The molecule has 3 N–H and O–H groups in total. The zero-order chi connectivity index (χ0) is 15.6. The number of likely N-dealkylation sites (N-methyl/N-ethyl adjacent to an activating group) is 1. The van der Waals surface area contributed by atoms with Gasteiger partial charge in [0.05, 0.1) is 4.92 Å². The van der Waals surface area contributed by atoms with Crippen LogP contribution >= 0.6 is 0 Å². The van der Waals surface area contributed by atoms with Crippen LogP contribution in [-0.4, -0.2) is 29.5 Å². The molecule has 0 aromatic heterocycles. The lowest BCUT2D eigenvalue weighted by molar-refractivity contribution is -0.386. The summed E-state index contributed by atoms with van der Waals surface area (Å²) < 4.78 is 19.2. The molecule has 1 aromatic rings. The second kappa shape index (κ2) is 5.65. The van der Waals surface area contributed by atoms with Crippen LogP contribution in [0.1, 0.15) is 19.3 Å². The Labute approximate surface area is 120 Å². The molecule has 0 saturated heterocycles. The van der Waals surface area contributed by atoms with Crippen LogP contribution in [0.2, 0.25) is 0 Å². The van der Waals surface area contributed by atoms with E-state index in [-0.39, 0.29) is 6.42 Å². The van der Waals surface area contributed by atoms with Gasteiger partial charge in [-0.3, -0.25) is 14.9 Å². The standard InChI is InChI=1S/C13H16FN3O4/c1-16-13(12(15)18)6-5-8(7-13)21-11-9(14)3-2-4-10(11)17(19)20/h2-4,8,16H,5-7H2,1H3,(H2,15,18). The van der Waals surface area contributed by atoms with E-state index in [1.54, 1.807) is 7.05 Å². The smallest absolute Gasteiger partial charge is 0.314 e. The molecule has 1 amide bonds. The Morgan fingerprint density at radius 3 is 2.86 bits per heavy atom. The summed E-state index contributed by atoms with van der Waals surface area (Å²) in [4.78, 5) is 21.7. The Morgan fingerprint density at radius 1 is 1.62 bits per heavy atom. The molecule has 0 radical (unpaired) electrons. The summed E-state index contributed by atoms with van der Waals surface area (Å²) in [5.74, 6) is -1.71. The molecule has 21 heavy (non-hydrogen) atoms. The third-order valence-electron chi connectivity index (χ3n) is 3.85. The maximum Gasteiger partial charge on any atom is 0.314 e. The number of para-hydroxylation sites is 1. The normalized spacial score (nSPS) is 24.8. The van der Waals surface area contributed by atoms with E-state index in [1.165, 1.54) is 12.1 Å². The van der Waals surface area contributed by atoms with Crippen LogP contribution in [0.4, 0.5) is 10.1 Å². The van der Waals surface area contributed by atoms with Crippen molar-refractivity contribution in [2.24, 2.45) is 5.73 Å². The van der Waals surface area contributed by atoms with E-state index in [0.717, 1.165) is 6.07 Å². The SMILES string of the molecule is CNC1(C(N)=O)CCC(Oc2c(F)cccc2[N+](=O)[O-])C1. The molecule has 0 spiro atoms. The highest BCUT2D eigenvalue weighted by Gasteiger charge is 2.44. The molecule has 1 aliphatic carbocycles. The van der Waals surface area contributed by atoms with Gasteiger partial charge in [0, 0.05) is 12.5 Å². The lowest BCUT2D eigenvalue weighted by atomic mass is 9.97. The van der Waals surface area contributed by atoms with E-state index in [4.69, 9.17) is 10.5 Å². The fourth-order valence-electron chi connectivity index (χ4n) is 2.60. The molecular weight excluding hydrogens is 281 g/mol. The average Bonchev–Trinajstić information content (AvgIpc) is 2.85. The first-order valence-electron chi connectivity index (χ1n) is 6.48. The quantitative estimate of drug-likeness (QED) is 0.625. The fourth-order valence-corrected chi connectivity index (χ4v) is 2.60. The van der Waals surface area contributed by atoms with E-state index in [2.05, 4.69) is 5.32 Å². The van der Waals surface area contributed by atoms with Gasteiger partial charge in [-0.05, 0) is 26.0 Å². The molecule has 7 nitrogen and oxygen atoms in total. The van der Waals surface area contributed by atoms with Gasteiger partial charge in [-0.1, -0.05) is 6.07 Å². The van der Waals surface area contributed by atoms with Crippen molar-refractivity contribution in [1.82, 2.24) is 5.32 Å². The molecule has 8 heteroatoms. The summed E-state index contributed by atoms with van der Waals surface area (Å²) in [7, 11) is 1.61. The summed E-state index contributed by atoms with van der Waals surface area (Å²) in [5, 5.41) is 13.8. The van der Waals surface area contributed by atoms with Crippen molar-refractivity contribution in [3.63, 3.8) is 0 Å². The molecule has 1 aliphatic rings. The van der Waals surface area contributed by atoms with E-state index in [0.29, 0.717) is 12.8 Å². The Hall–Kier alpha value is -2.22. The minimum absolute atomic E-state index is 0.240. The average molecular weight is 297 g/mol. The molecule has 1 fully saturated rings. The lowest BCUT2D eigenvalue weighted by Crippen LogP contribution is -2.52. The van der Waals surface area contributed by atoms with Gasteiger partial charge in [0.15, 0.2) is 5.82 Å². The summed E-state index contributed by atoms with van der Waals surface area (Å²) >= 11 is 0. The van der Waals surface area contributed by atoms with Crippen molar-refractivity contribution >= 4 is 11.6 Å². The number of carbonyl (C=O) groups is 1. The number of halogens is 1. The van der Waals surface area contributed by atoms with Gasteiger partial charge in [0.2, 0.25) is 11.7 Å². The third-order valence-corrected chi connectivity index (χ3v) is 3.85. The first kappa shape index (κ1) is 15.2. The topological polar surface area (TPSA) is 107 Å². The Morgan fingerprint density at radius 2 is 2.33 bits per heavy atom. The predicted molar refractivity (Wildman–Crippen MR) is 72.3 cm³/mol. The van der Waals surface area contributed by atoms with Crippen molar-refractivity contribution < 1.29 is 18.8 Å².